The van der Waals surface area contributed by atoms with Gasteiger partial charge < -0.3 is 10.1 Å². The van der Waals surface area contributed by atoms with Crippen LogP contribution in [-0.4, -0.2) is 13.7 Å². The van der Waals surface area contributed by atoms with E-state index in [4.69, 9.17) is 4.74 Å². The number of halogens is 2. The summed E-state index contributed by atoms with van der Waals surface area (Å²) in [5.74, 6) is 0.583. The summed E-state index contributed by atoms with van der Waals surface area (Å²) in [6, 6.07) is 11.1. The summed E-state index contributed by atoms with van der Waals surface area (Å²) in [4.78, 5) is 0. The lowest BCUT2D eigenvalue weighted by atomic mass is 9.94. The molecule has 4 heteroatoms. The first-order valence-electron chi connectivity index (χ1n) is 6.90. The number of benzene rings is 2. The zero-order valence-corrected chi connectivity index (χ0v) is 14.0. The first kappa shape index (κ1) is 16.0. The van der Waals surface area contributed by atoms with E-state index in [1.165, 1.54) is 0 Å². The highest BCUT2D eigenvalue weighted by molar-refractivity contribution is 9.10. The predicted molar refractivity (Wildman–Crippen MR) is 87.4 cm³/mol. The maximum Gasteiger partial charge on any atom is 0.142 e. The van der Waals surface area contributed by atoms with Crippen molar-refractivity contribution < 1.29 is 9.13 Å². The molecule has 0 saturated carbocycles. The molecular formula is C17H19BrFNO. The monoisotopic (exact) mass is 351 g/mol. The molecule has 0 amide bonds. The van der Waals surface area contributed by atoms with Crippen molar-refractivity contribution in [2.45, 2.75) is 19.9 Å². The van der Waals surface area contributed by atoms with Gasteiger partial charge >= 0.3 is 0 Å². The molecular weight excluding hydrogens is 333 g/mol. The molecule has 1 N–H and O–H groups in total. The smallest absolute Gasteiger partial charge is 0.142 e. The minimum atomic E-state index is -0.223. The number of methoxy groups -OCH3 is 1. The highest BCUT2D eigenvalue weighted by Crippen LogP contribution is 2.31. The molecule has 1 unspecified atom stereocenters. The first-order chi connectivity index (χ1) is 10.1. The van der Waals surface area contributed by atoms with Crippen LogP contribution < -0.4 is 10.1 Å². The van der Waals surface area contributed by atoms with Crippen molar-refractivity contribution in [1.29, 1.82) is 0 Å². The van der Waals surface area contributed by atoms with E-state index in [1.54, 1.807) is 13.2 Å². The van der Waals surface area contributed by atoms with E-state index < -0.39 is 0 Å². The first-order valence-corrected chi connectivity index (χ1v) is 7.69. The van der Waals surface area contributed by atoms with Crippen molar-refractivity contribution in [2.24, 2.45) is 0 Å². The normalized spacial score (nSPS) is 12.2. The van der Waals surface area contributed by atoms with E-state index in [2.05, 4.69) is 21.2 Å². The summed E-state index contributed by atoms with van der Waals surface area (Å²) < 4.78 is 20.1. The Balaban J connectivity index is 2.51. The summed E-state index contributed by atoms with van der Waals surface area (Å²) in [6.45, 7) is 4.78. The largest absolute Gasteiger partial charge is 0.497 e. The van der Waals surface area contributed by atoms with Crippen LogP contribution in [0.2, 0.25) is 0 Å². The molecule has 0 aliphatic rings. The van der Waals surface area contributed by atoms with Gasteiger partial charge in [0.15, 0.2) is 0 Å². The van der Waals surface area contributed by atoms with Crippen LogP contribution in [0.5, 0.6) is 5.75 Å². The fraction of sp³-hybridized carbons (Fsp3) is 0.294. The van der Waals surface area contributed by atoms with E-state index in [0.29, 0.717) is 10.0 Å². The zero-order valence-electron chi connectivity index (χ0n) is 12.4. The minimum Gasteiger partial charge on any atom is -0.497 e. The third kappa shape index (κ3) is 3.44. The minimum absolute atomic E-state index is 0.182. The molecule has 0 bridgehead atoms. The summed E-state index contributed by atoms with van der Waals surface area (Å²) in [5, 5.41) is 3.36. The highest BCUT2D eigenvalue weighted by Gasteiger charge is 2.20. The molecule has 0 aliphatic heterocycles. The van der Waals surface area contributed by atoms with Gasteiger partial charge in [-0.1, -0.05) is 25.1 Å². The van der Waals surface area contributed by atoms with Crippen molar-refractivity contribution in [3.05, 3.63) is 63.4 Å². The number of hydrogen-bond donors (Lipinski definition) is 1. The third-order valence-electron chi connectivity index (χ3n) is 3.49. The SMILES string of the molecule is CCNC(c1ccc(OC)cc1C)c1cccc(Br)c1F. The van der Waals surface area contributed by atoms with Crippen molar-refractivity contribution >= 4 is 15.9 Å². The lowest BCUT2D eigenvalue weighted by Crippen LogP contribution is -2.24. The van der Waals surface area contributed by atoms with Crippen LogP contribution >= 0.6 is 15.9 Å². The van der Waals surface area contributed by atoms with Crippen molar-refractivity contribution in [3.8, 4) is 5.75 Å². The Labute approximate surface area is 133 Å². The van der Waals surface area contributed by atoms with Crippen LogP contribution in [0.4, 0.5) is 4.39 Å². The number of ether oxygens (including phenoxy) is 1. The molecule has 0 saturated heterocycles. The van der Waals surface area contributed by atoms with Gasteiger partial charge in [0.1, 0.15) is 11.6 Å². The molecule has 21 heavy (non-hydrogen) atoms. The second-order valence-electron chi connectivity index (χ2n) is 4.86. The summed E-state index contributed by atoms with van der Waals surface area (Å²) >= 11 is 3.26. The Morgan fingerprint density at radius 3 is 2.62 bits per heavy atom. The van der Waals surface area contributed by atoms with E-state index in [9.17, 15) is 4.39 Å². The van der Waals surface area contributed by atoms with Crippen LogP contribution in [-0.2, 0) is 0 Å². The van der Waals surface area contributed by atoms with E-state index in [0.717, 1.165) is 23.4 Å². The lowest BCUT2D eigenvalue weighted by Gasteiger charge is -2.22. The van der Waals surface area contributed by atoms with Crippen LogP contribution in [0, 0.1) is 12.7 Å². The van der Waals surface area contributed by atoms with Crippen LogP contribution in [0.15, 0.2) is 40.9 Å². The quantitative estimate of drug-likeness (QED) is 0.849. The molecule has 0 heterocycles. The number of hydrogen-bond acceptors (Lipinski definition) is 2. The van der Waals surface area contributed by atoms with Crippen molar-refractivity contribution in [2.75, 3.05) is 13.7 Å². The Kier molecular flexibility index (Phi) is 5.37. The lowest BCUT2D eigenvalue weighted by molar-refractivity contribution is 0.414. The Morgan fingerprint density at radius 2 is 2.00 bits per heavy atom. The topological polar surface area (TPSA) is 21.3 Å². The van der Waals surface area contributed by atoms with E-state index >= 15 is 0 Å². The van der Waals surface area contributed by atoms with Gasteiger partial charge in [-0.25, -0.2) is 4.39 Å². The molecule has 2 aromatic rings. The standard InChI is InChI=1S/C17H19BrFNO/c1-4-20-17(14-6-5-7-15(18)16(14)19)13-9-8-12(21-3)10-11(13)2/h5-10,17,20H,4H2,1-3H3. The second kappa shape index (κ2) is 7.05. The summed E-state index contributed by atoms with van der Waals surface area (Å²) in [5.41, 5.74) is 2.76. The average molecular weight is 352 g/mol. The molecule has 0 fully saturated rings. The fourth-order valence-corrected chi connectivity index (χ4v) is 2.82. The number of rotatable bonds is 5. The number of nitrogens with one attached hydrogen (secondary N) is 1. The predicted octanol–water partition coefficient (Wildman–Crippen LogP) is 4.60. The molecule has 0 aliphatic carbocycles. The molecule has 2 nitrogen and oxygen atoms in total. The van der Waals surface area contributed by atoms with Gasteiger partial charge in [0.2, 0.25) is 0 Å². The zero-order chi connectivity index (χ0) is 15.4. The molecule has 2 rings (SSSR count). The molecule has 0 aromatic heterocycles. The molecule has 2 aromatic carbocycles. The van der Waals surface area contributed by atoms with Gasteiger partial charge in [-0.3, -0.25) is 0 Å². The number of aryl methyl sites for hydroxylation is 1. The second-order valence-corrected chi connectivity index (χ2v) is 5.71. The third-order valence-corrected chi connectivity index (χ3v) is 4.10. The van der Waals surface area contributed by atoms with E-state index in [-0.39, 0.29) is 11.9 Å². The Bertz CT molecular complexity index is 630. The molecule has 1 atom stereocenters. The maximum absolute atomic E-state index is 14.4. The molecule has 112 valence electrons. The molecule has 0 spiro atoms. The summed E-state index contributed by atoms with van der Waals surface area (Å²) in [7, 11) is 1.64. The van der Waals surface area contributed by atoms with Crippen molar-refractivity contribution in [1.82, 2.24) is 5.32 Å². The maximum atomic E-state index is 14.4. The van der Waals surface area contributed by atoms with Crippen LogP contribution in [0.3, 0.4) is 0 Å². The van der Waals surface area contributed by atoms with E-state index in [1.807, 2.05) is 44.2 Å². The van der Waals surface area contributed by atoms with Gasteiger partial charge in [0, 0.05) is 5.56 Å². The summed E-state index contributed by atoms with van der Waals surface area (Å²) in [6.07, 6.45) is 0. The van der Waals surface area contributed by atoms with Crippen molar-refractivity contribution in [3.63, 3.8) is 0 Å². The Hall–Kier alpha value is -1.39. The van der Waals surface area contributed by atoms with Gasteiger partial charge in [-0.15, -0.1) is 0 Å². The van der Waals surface area contributed by atoms with Crippen LogP contribution in [0.1, 0.15) is 29.7 Å². The fourth-order valence-electron chi connectivity index (χ4n) is 2.43. The average Bonchev–Trinajstić information content (AvgIpc) is 2.48. The highest BCUT2D eigenvalue weighted by atomic mass is 79.9. The Morgan fingerprint density at radius 1 is 1.24 bits per heavy atom. The van der Waals surface area contributed by atoms with Gasteiger partial charge in [-0.05, 0) is 58.7 Å². The van der Waals surface area contributed by atoms with Gasteiger partial charge in [0.25, 0.3) is 0 Å². The molecule has 0 radical (unpaired) electrons. The van der Waals surface area contributed by atoms with Gasteiger partial charge in [-0.2, -0.15) is 0 Å². The van der Waals surface area contributed by atoms with Crippen LogP contribution in [0.25, 0.3) is 0 Å². The van der Waals surface area contributed by atoms with Gasteiger partial charge in [0.05, 0.1) is 17.6 Å².